The second kappa shape index (κ2) is 6.50. The average molecular weight is 318 g/mol. The summed E-state index contributed by atoms with van der Waals surface area (Å²) in [6.45, 7) is 5.98. The van der Waals surface area contributed by atoms with Gasteiger partial charge in [0.2, 0.25) is 0 Å². The van der Waals surface area contributed by atoms with Crippen molar-refractivity contribution < 1.29 is 0 Å². The summed E-state index contributed by atoms with van der Waals surface area (Å²) in [6.07, 6.45) is 3.38. The summed E-state index contributed by atoms with van der Waals surface area (Å²) in [6, 6.07) is 11.7. The van der Waals surface area contributed by atoms with Crippen LogP contribution < -0.4 is 5.32 Å². The van der Waals surface area contributed by atoms with Gasteiger partial charge in [0.15, 0.2) is 5.82 Å². The highest BCUT2D eigenvalue weighted by molar-refractivity contribution is 5.41. The Labute approximate surface area is 140 Å². The van der Waals surface area contributed by atoms with E-state index >= 15 is 0 Å². The molecule has 0 spiro atoms. The lowest BCUT2D eigenvalue weighted by Crippen LogP contribution is -2.10. The first-order valence-electron chi connectivity index (χ1n) is 7.69. The molecule has 0 bridgehead atoms. The largest absolute Gasteiger partial charge is 0.362 e. The van der Waals surface area contributed by atoms with Crippen molar-refractivity contribution in [2.24, 2.45) is 0 Å². The zero-order valence-corrected chi connectivity index (χ0v) is 13.9. The van der Waals surface area contributed by atoms with Gasteiger partial charge in [0, 0.05) is 11.7 Å². The number of hydrogen-bond acceptors (Lipinski definition) is 5. The average Bonchev–Trinajstić information content (AvgIpc) is 2.93. The lowest BCUT2D eigenvalue weighted by Gasteiger charge is -2.15. The minimum absolute atomic E-state index is 0.0442. The van der Waals surface area contributed by atoms with Gasteiger partial charge in [-0.15, -0.1) is 0 Å². The summed E-state index contributed by atoms with van der Waals surface area (Å²) in [5, 5.41) is 16.6. The Morgan fingerprint density at radius 3 is 2.54 bits per heavy atom. The van der Waals surface area contributed by atoms with Crippen LogP contribution in [0, 0.1) is 25.2 Å². The van der Waals surface area contributed by atoms with E-state index in [1.165, 1.54) is 0 Å². The third kappa shape index (κ3) is 3.25. The molecule has 0 saturated carbocycles. The number of aromatic nitrogens is 4. The maximum Gasteiger partial charge on any atom is 0.174 e. The summed E-state index contributed by atoms with van der Waals surface area (Å²) >= 11 is 0. The molecule has 3 rings (SSSR count). The van der Waals surface area contributed by atoms with Gasteiger partial charge in [0.05, 0.1) is 29.7 Å². The Bertz CT molecular complexity index is 889. The monoisotopic (exact) mass is 318 g/mol. The third-order valence-corrected chi connectivity index (χ3v) is 3.75. The lowest BCUT2D eigenvalue weighted by atomic mass is 10.1. The van der Waals surface area contributed by atoms with Crippen molar-refractivity contribution in [2.75, 3.05) is 5.32 Å². The fourth-order valence-corrected chi connectivity index (χ4v) is 2.54. The molecule has 24 heavy (non-hydrogen) atoms. The molecule has 6 heteroatoms. The van der Waals surface area contributed by atoms with Crippen LogP contribution in [0.1, 0.15) is 35.5 Å². The van der Waals surface area contributed by atoms with Crippen LogP contribution in [-0.4, -0.2) is 19.7 Å². The molecule has 1 atom stereocenters. The van der Waals surface area contributed by atoms with E-state index in [-0.39, 0.29) is 6.04 Å². The molecule has 0 amide bonds. The minimum atomic E-state index is 0.0442. The zero-order chi connectivity index (χ0) is 17.1. The molecule has 0 radical (unpaired) electrons. The summed E-state index contributed by atoms with van der Waals surface area (Å²) < 4.78 is 1.78. The maximum atomic E-state index is 8.87. The van der Waals surface area contributed by atoms with E-state index in [0.717, 1.165) is 17.0 Å². The van der Waals surface area contributed by atoms with Crippen LogP contribution >= 0.6 is 0 Å². The number of nitrogens with one attached hydrogen (secondary N) is 1. The van der Waals surface area contributed by atoms with E-state index in [0.29, 0.717) is 17.2 Å². The van der Waals surface area contributed by atoms with Gasteiger partial charge in [0.1, 0.15) is 5.82 Å². The summed E-state index contributed by atoms with van der Waals surface area (Å²) in [7, 11) is 0. The van der Waals surface area contributed by atoms with Crippen LogP contribution in [0.3, 0.4) is 0 Å². The molecule has 2 heterocycles. The quantitative estimate of drug-likeness (QED) is 0.798. The van der Waals surface area contributed by atoms with Crippen LogP contribution in [0.15, 0.2) is 42.7 Å². The van der Waals surface area contributed by atoms with E-state index in [9.17, 15) is 0 Å². The van der Waals surface area contributed by atoms with Crippen LogP contribution in [0.25, 0.3) is 5.82 Å². The Balaban J connectivity index is 1.81. The van der Waals surface area contributed by atoms with Gasteiger partial charge in [-0.25, -0.2) is 9.67 Å². The molecule has 0 fully saturated rings. The van der Waals surface area contributed by atoms with Crippen molar-refractivity contribution in [3.05, 3.63) is 65.2 Å². The predicted octanol–water partition coefficient (Wildman–Crippen LogP) is 3.32. The molecule has 1 N–H and O–H groups in total. The van der Waals surface area contributed by atoms with E-state index < -0.39 is 0 Å². The second-order valence-electron chi connectivity index (χ2n) is 5.70. The molecule has 1 unspecified atom stereocenters. The number of hydrogen-bond donors (Lipinski definition) is 1. The fourth-order valence-electron chi connectivity index (χ4n) is 2.54. The number of nitrogens with zero attached hydrogens (tertiary/aromatic N) is 5. The highest BCUT2D eigenvalue weighted by atomic mass is 15.3. The first-order valence-corrected chi connectivity index (χ1v) is 7.69. The molecule has 3 aromatic rings. The van der Waals surface area contributed by atoms with Crippen molar-refractivity contribution >= 4 is 5.82 Å². The number of aryl methyl sites for hydroxylation is 2. The van der Waals surface area contributed by atoms with Crippen molar-refractivity contribution in [3.8, 4) is 11.9 Å². The number of benzene rings is 1. The second-order valence-corrected chi connectivity index (χ2v) is 5.70. The maximum absolute atomic E-state index is 8.87. The van der Waals surface area contributed by atoms with E-state index in [4.69, 9.17) is 5.26 Å². The van der Waals surface area contributed by atoms with Crippen molar-refractivity contribution in [3.63, 3.8) is 0 Å². The summed E-state index contributed by atoms with van der Waals surface area (Å²) in [4.78, 5) is 8.85. The van der Waals surface area contributed by atoms with Crippen molar-refractivity contribution in [1.29, 1.82) is 5.26 Å². The summed E-state index contributed by atoms with van der Waals surface area (Å²) in [5.74, 6) is 1.36. The topological polar surface area (TPSA) is 79.4 Å². The highest BCUT2D eigenvalue weighted by Gasteiger charge is 2.09. The molecule has 0 aliphatic rings. The zero-order valence-electron chi connectivity index (χ0n) is 13.9. The first-order chi connectivity index (χ1) is 11.6. The molecule has 0 aliphatic heterocycles. The minimum Gasteiger partial charge on any atom is -0.362 e. The lowest BCUT2D eigenvalue weighted by molar-refractivity contribution is 0.793. The Kier molecular flexibility index (Phi) is 4.25. The van der Waals surface area contributed by atoms with Gasteiger partial charge in [-0.05, 0) is 44.5 Å². The molecule has 0 saturated heterocycles. The molecule has 0 aliphatic carbocycles. The third-order valence-electron chi connectivity index (χ3n) is 3.75. The molecular weight excluding hydrogens is 300 g/mol. The standard InChI is InChI=1S/C18H18N6/c1-12-8-13(2)24(23-12)18-11-20-10-17(22-18)21-14(3)16-6-4-15(9-19)5-7-16/h4-8,10-11,14H,1-3H3,(H,21,22). The smallest absolute Gasteiger partial charge is 0.174 e. The molecule has 120 valence electrons. The number of rotatable bonds is 4. The molecule has 6 nitrogen and oxygen atoms in total. The van der Waals surface area contributed by atoms with E-state index in [2.05, 4.69) is 26.5 Å². The van der Waals surface area contributed by atoms with Gasteiger partial charge in [-0.3, -0.25) is 4.98 Å². The molecule has 1 aromatic carbocycles. The highest BCUT2D eigenvalue weighted by Crippen LogP contribution is 2.19. The van der Waals surface area contributed by atoms with Gasteiger partial charge in [-0.2, -0.15) is 10.4 Å². The van der Waals surface area contributed by atoms with Gasteiger partial charge in [-0.1, -0.05) is 12.1 Å². The Hall–Kier alpha value is -3.20. The van der Waals surface area contributed by atoms with E-state index in [1.807, 2.05) is 51.1 Å². The number of anilines is 1. The number of nitriles is 1. The van der Waals surface area contributed by atoms with Crippen LogP contribution in [0.5, 0.6) is 0 Å². The Morgan fingerprint density at radius 1 is 1.17 bits per heavy atom. The summed E-state index contributed by atoms with van der Waals surface area (Å²) in [5.41, 5.74) is 3.68. The van der Waals surface area contributed by atoms with Crippen molar-refractivity contribution in [2.45, 2.75) is 26.8 Å². The van der Waals surface area contributed by atoms with Gasteiger partial charge >= 0.3 is 0 Å². The fraction of sp³-hybridized carbons (Fsp3) is 0.222. The molecular formula is C18H18N6. The van der Waals surface area contributed by atoms with Crippen LogP contribution in [0.4, 0.5) is 5.82 Å². The van der Waals surface area contributed by atoms with Crippen LogP contribution in [-0.2, 0) is 0 Å². The Morgan fingerprint density at radius 2 is 1.92 bits per heavy atom. The van der Waals surface area contributed by atoms with Gasteiger partial charge < -0.3 is 5.32 Å². The normalized spacial score (nSPS) is 11.8. The SMILES string of the molecule is Cc1cc(C)n(-c2cncc(NC(C)c3ccc(C#N)cc3)n2)n1. The van der Waals surface area contributed by atoms with Gasteiger partial charge in [0.25, 0.3) is 0 Å². The first kappa shape index (κ1) is 15.7. The van der Waals surface area contributed by atoms with Crippen molar-refractivity contribution in [1.82, 2.24) is 19.7 Å². The molecule has 2 aromatic heterocycles. The van der Waals surface area contributed by atoms with Crippen LogP contribution in [0.2, 0.25) is 0 Å². The van der Waals surface area contributed by atoms with E-state index in [1.54, 1.807) is 17.1 Å². The predicted molar refractivity (Wildman–Crippen MR) is 91.8 cm³/mol.